The van der Waals surface area contributed by atoms with Crippen LogP contribution in [0.3, 0.4) is 0 Å². The highest BCUT2D eigenvalue weighted by molar-refractivity contribution is 5.60. The molecule has 4 rings (SSSR count). The second-order valence-electron chi connectivity index (χ2n) is 4.19. The molecular formula is C14H9N5O. The van der Waals surface area contributed by atoms with Crippen molar-refractivity contribution in [2.75, 3.05) is 0 Å². The van der Waals surface area contributed by atoms with Gasteiger partial charge in [0, 0.05) is 24.2 Å². The molecule has 4 aromatic heterocycles. The van der Waals surface area contributed by atoms with Gasteiger partial charge in [-0.25, -0.2) is 4.98 Å². The Morgan fingerprint density at radius 2 is 1.90 bits per heavy atom. The van der Waals surface area contributed by atoms with Crippen molar-refractivity contribution in [1.29, 1.82) is 0 Å². The molecule has 6 nitrogen and oxygen atoms in total. The van der Waals surface area contributed by atoms with Gasteiger partial charge < -0.3 is 4.42 Å². The van der Waals surface area contributed by atoms with Gasteiger partial charge in [0.1, 0.15) is 5.69 Å². The van der Waals surface area contributed by atoms with E-state index in [0.717, 1.165) is 17.0 Å². The average molecular weight is 263 g/mol. The second-order valence-corrected chi connectivity index (χ2v) is 4.19. The molecule has 0 saturated heterocycles. The van der Waals surface area contributed by atoms with Crippen LogP contribution in [0.2, 0.25) is 0 Å². The zero-order valence-corrected chi connectivity index (χ0v) is 10.3. The summed E-state index contributed by atoms with van der Waals surface area (Å²) >= 11 is 0. The number of nitrogens with zero attached hydrogens (tertiary/aromatic N) is 5. The van der Waals surface area contributed by atoms with E-state index in [2.05, 4.69) is 20.1 Å². The summed E-state index contributed by atoms with van der Waals surface area (Å²) in [6.45, 7) is 0. The Kier molecular flexibility index (Phi) is 2.32. The van der Waals surface area contributed by atoms with Gasteiger partial charge in [0.05, 0.1) is 6.26 Å². The first-order valence-corrected chi connectivity index (χ1v) is 6.08. The molecular weight excluding hydrogens is 254 g/mol. The van der Waals surface area contributed by atoms with Crippen molar-refractivity contribution in [3.8, 4) is 22.8 Å². The predicted molar refractivity (Wildman–Crippen MR) is 71.7 cm³/mol. The van der Waals surface area contributed by atoms with Gasteiger partial charge in [0.2, 0.25) is 0 Å². The molecule has 4 aromatic rings. The summed E-state index contributed by atoms with van der Waals surface area (Å²) in [4.78, 5) is 12.6. The van der Waals surface area contributed by atoms with Crippen molar-refractivity contribution < 1.29 is 4.42 Å². The monoisotopic (exact) mass is 263 g/mol. The van der Waals surface area contributed by atoms with E-state index in [1.165, 1.54) is 0 Å². The Balaban J connectivity index is 1.94. The standard InChI is InChI=1S/C14H9N5O/c1-2-12(20-9-1)11-5-8-16-14-17-13(18-19(11)14)10-3-6-15-7-4-10/h1-9H. The molecule has 0 unspecified atom stereocenters. The maximum absolute atomic E-state index is 5.42. The van der Waals surface area contributed by atoms with Crippen LogP contribution in [0, 0.1) is 0 Å². The van der Waals surface area contributed by atoms with Crippen molar-refractivity contribution in [2.24, 2.45) is 0 Å². The molecule has 20 heavy (non-hydrogen) atoms. The number of furan rings is 1. The van der Waals surface area contributed by atoms with Gasteiger partial charge in [-0.3, -0.25) is 4.98 Å². The largest absolute Gasteiger partial charge is 0.463 e. The van der Waals surface area contributed by atoms with E-state index < -0.39 is 0 Å². The summed E-state index contributed by atoms with van der Waals surface area (Å²) in [6.07, 6.45) is 6.74. The highest BCUT2D eigenvalue weighted by Gasteiger charge is 2.12. The molecule has 0 atom stereocenters. The lowest BCUT2D eigenvalue weighted by atomic mass is 10.3. The minimum Gasteiger partial charge on any atom is -0.463 e. The van der Waals surface area contributed by atoms with Crippen LogP contribution in [-0.2, 0) is 0 Å². The quantitative estimate of drug-likeness (QED) is 0.555. The van der Waals surface area contributed by atoms with Crippen LogP contribution >= 0.6 is 0 Å². The molecule has 6 heteroatoms. The average Bonchev–Trinajstić information content (AvgIpc) is 3.17. The lowest BCUT2D eigenvalue weighted by molar-refractivity contribution is 0.577. The number of rotatable bonds is 2. The third-order valence-corrected chi connectivity index (χ3v) is 2.95. The molecule has 0 radical (unpaired) electrons. The molecule has 0 saturated carbocycles. The first kappa shape index (κ1) is 10.9. The smallest absolute Gasteiger partial charge is 0.253 e. The van der Waals surface area contributed by atoms with Crippen molar-refractivity contribution >= 4 is 5.78 Å². The summed E-state index contributed by atoms with van der Waals surface area (Å²) in [5, 5.41) is 4.49. The summed E-state index contributed by atoms with van der Waals surface area (Å²) < 4.78 is 7.09. The van der Waals surface area contributed by atoms with Gasteiger partial charge in [0.15, 0.2) is 11.6 Å². The third-order valence-electron chi connectivity index (χ3n) is 2.95. The van der Waals surface area contributed by atoms with Crippen LogP contribution < -0.4 is 0 Å². The minimum absolute atomic E-state index is 0.533. The predicted octanol–water partition coefficient (Wildman–Crippen LogP) is 2.45. The van der Waals surface area contributed by atoms with Gasteiger partial charge in [-0.2, -0.15) is 9.50 Å². The fraction of sp³-hybridized carbons (Fsp3) is 0. The first-order valence-electron chi connectivity index (χ1n) is 6.08. The highest BCUT2D eigenvalue weighted by atomic mass is 16.3. The van der Waals surface area contributed by atoms with Crippen LogP contribution in [0.25, 0.3) is 28.6 Å². The van der Waals surface area contributed by atoms with Crippen molar-refractivity contribution in [1.82, 2.24) is 24.6 Å². The Morgan fingerprint density at radius 1 is 1.00 bits per heavy atom. The number of fused-ring (bicyclic) bond motifs is 1. The molecule has 0 aliphatic carbocycles. The van der Waals surface area contributed by atoms with Crippen molar-refractivity contribution in [3.63, 3.8) is 0 Å². The molecule has 0 bridgehead atoms. The molecule has 0 N–H and O–H groups in total. The molecule has 0 aromatic carbocycles. The summed E-state index contributed by atoms with van der Waals surface area (Å²) in [5.41, 5.74) is 1.71. The molecule has 0 aliphatic heterocycles. The van der Waals surface area contributed by atoms with Gasteiger partial charge in [-0.1, -0.05) is 0 Å². The van der Waals surface area contributed by atoms with Crippen LogP contribution in [0.5, 0.6) is 0 Å². The Morgan fingerprint density at radius 3 is 2.70 bits per heavy atom. The SMILES string of the molecule is c1coc(-c2ccnc3nc(-c4ccncc4)nn23)c1. The molecule has 0 aliphatic rings. The summed E-state index contributed by atoms with van der Waals surface area (Å²) in [5.74, 6) is 1.87. The van der Waals surface area contributed by atoms with Crippen molar-refractivity contribution in [3.05, 3.63) is 55.2 Å². The molecule has 4 heterocycles. The number of hydrogen-bond donors (Lipinski definition) is 0. The lowest BCUT2D eigenvalue weighted by Gasteiger charge is -1.98. The summed E-state index contributed by atoms with van der Waals surface area (Å²) in [7, 11) is 0. The Bertz CT molecular complexity index is 852. The Hall–Kier alpha value is -3.02. The number of hydrogen-bond acceptors (Lipinski definition) is 5. The molecule has 0 spiro atoms. The lowest BCUT2D eigenvalue weighted by Crippen LogP contribution is -1.94. The maximum atomic E-state index is 5.42. The van der Waals surface area contributed by atoms with Crippen LogP contribution in [0.1, 0.15) is 0 Å². The summed E-state index contributed by atoms with van der Waals surface area (Å²) in [6, 6.07) is 9.28. The van der Waals surface area contributed by atoms with Gasteiger partial charge in [-0.05, 0) is 30.3 Å². The first-order chi connectivity index (χ1) is 9.92. The second kappa shape index (κ2) is 4.27. The topological polar surface area (TPSA) is 69.1 Å². The van der Waals surface area contributed by atoms with Crippen LogP contribution in [0.4, 0.5) is 0 Å². The number of pyridine rings is 1. The van der Waals surface area contributed by atoms with E-state index in [0.29, 0.717) is 11.6 Å². The van der Waals surface area contributed by atoms with E-state index in [-0.39, 0.29) is 0 Å². The Labute approximate surface area is 113 Å². The zero-order valence-electron chi connectivity index (χ0n) is 10.3. The van der Waals surface area contributed by atoms with E-state index in [4.69, 9.17) is 4.42 Å². The zero-order chi connectivity index (χ0) is 13.4. The van der Waals surface area contributed by atoms with E-state index in [1.54, 1.807) is 29.4 Å². The van der Waals surface area contributed by atoms with Crippen LogP contribution in [0.15, 0.2) is 59.6 Å². The molecule has 0 fully saturated rings. The van der Waals surface area contributed by atoms with Gasteiger partial charge in [-0.15, -0.1) is 5.10 Å². The normalized spacial score (nSPS) is 11.0. The van der Waals surface area contributed by atoms with E-state index in [9.17, 15) is 0 Å². The van der Waals surface area contributed by atoms with E-state index in [1.807, 2.05) is 30.3 Å². The van der Waals surface area contributed by atoms with Gasteiger partial charge >= 0.3 is 0 Å². The third kappa shape index (κ3) is 1.66. The fourth-order valence-corrected chi connectivity index (χ4v) is 2.03. The van der Waals surface area contributed by atoms with Crippen molar-refractivity contribution in [2.45, 2.75) is 0 Å². The van der Waals surface area contributed by atoms with Gasteiger partial charge in [0.25, 0.3) is 5.78 Å². The van der Waals surface area contributed by atoms with E-state index >= 15 is 0 Å². The maximum Gasteiger partial charge on any atom is 0.253 e. The fourth-order valence-electron chi connectivity index (χ4n) is 2.03. The highest BCUT2D eigenvalue weighted by Crippen LogP contribution is 2.21. The number of aromatic nitrogens is 5. The molecule has 96 valence electrons. The van der Waals surface area contributed by atoms with Crippen LogP contribution in [-0.4, -0.2) is 24.6 Å². The minimum atomic E-state index is 0.533. The molecule has 0 amide bonds.